The summed E-state index contributed by atoms with van der Waals surface area (Å²) < 4.78 is 0. The first-order chi connectivity index (χ1) is 12.6. The maximum absolute atomic E-state index is 12.3. The summed E-state index contributed by atoms with van der Waals surface area (Å²) in [6, 6.07) is 18.4. The predicted octanol–water partition coefficient (Wildman–Crippen LogP) is 1.66. The molecule has 0 aliphatic carbocycles. The fraction of sp³-hybridized carbons (Fsp3) is 0.211. The fourth-order valence-electron chi connectivity index (χ4n) is 2.53. The van der Waals surface area contributed by atoms with E-state index in [0.717, 1.165) is 11.1 Å². The van der Waals surface area contributed by atoms with Crippen molar-refractivity contribution in [1.82, 2.24) is 25.5 Å². The Kier molecular flexibility index (Phi) is 5.48. The second kappa shape index (κ2) is 8.15. The minimum atomic E-state index is -0.581. The number of benzene rings is 2. The van der Waals surface area contributed by atoms with Crippen molar-refractivity contribution in [1.29, 1.82) is 0 Å². The monoisotopic (exact) mass is 349 g/mol. The standard InChI is InChI=1S/C19H19N5O2/c1-14(25)17(12-15-8-4-2-5-9-15)20-18(26)13-24-22-19(21-23-24)16-10-6-3-7-11-16/h2-11,17H,12-13H2,1H3,(H,20,26)/t17-/m0/s1. The Morgan fingerprint density at radius 2 is 1.69 bits per heavy atom. The van der Waals surface area contributed by atoms with E-state index in [9.17, 15) is 9.59 Å². The number of carbonyl (C=O) groups excluding carboxylic acids is 2. The van der Waals surface area contributed by atoms with Gasteiger partial charge in [0.25, 0.3) is 0 Å². The quantitative estimate of drug-likeness (QED) is 0.701. The molecule has 0 fully saturated rings. The molecule has 1 N–H and O–H groups in total. The zero-order chi connectivity index (χ0) is 18.4. The Balaban J connectivity index is 1.62. The van der Waals surface area contributed by atoms with Crippen LogP contribution in [0.15, 0.2) is 60.7 Å². The molecule has 0 unspecified atom stereocenters. The van der Waals surface area contributed by atoms with E-state index < -0.39 is 6.04 Å². The highest BCUT2D eigenvalue weighted by Crippen LogP contribution is 2.11. The van der Waals surface area contributed by atoms with Crippen LogP contribution in [0.1, 0.15) is 12.5 Å². The Morgan fingerprint density at radius 3 is 2.35 bits per heavy atom. The van der Waals surface area contributed by atoms with Crippen molar-refractivity contribution in [3.8, 4) is 11.4 Å². The molecule has 1 heterocycles. The molecule has 3 aromatic rings. The largest absolute Gasteiger partial charge is 0.344 e. The molecule has 0 saturated carbocycles. The number of Topliss-reactive ketones (excluding diaryl/α,β-unsaturated/α-hetero) is 1. The molecule has 0 aliphatic heterocycles. The van der Waals surface area contributed by atoms with Gasteiger partial charge in [-0.15, -0.1) is 10.2 Å². The Morgan fingerprint density at radius 1 is 1.04 bits per heavy atom. The van der Waals surface area contributed by atoms with Gasteiger partial charge in [-0.25, -0.2) is 0 Å². The molecule has 3 rings (SSSR count). The van der Waals surface area contributed by atoms with Crippen LogP contribution in [0.4, 0.5) is 0 Å². The van der Waals surface area contributed by atoms with Gasteiger partial charge in [0.05, 0.1) is 6.04 Å². The summed E-state index contributed by atoms with van der Waals surface area (Å²) in [5.41, 5.74) is 1.81. The average Bonchev–Trinajstić information content (AvgIpc) is 3.11. The lowest BCUT2D eigenvalue weighted by atomic mass is 10.0. The first kappa shape index (κ1) is 17.5. The lowest BCUT2D eigenvalue weighted by Gasteiger charge is -2.15. The molecule has 1 amide bonds. The second-order valence-electron chi connectivity index (χ2n) is 5.93. The van der Waals surface area contributed by atoms with Gasteiger partial charge >= 0.3 is 0 Å². The first-order valence-electron chi connectivity index (χ1n) is 8.29. The third-order valence-electron chi connectivity index (χ3n) is 3.88. The molecule has 1 aromatic heterocycles. The van der Waals surface area contributed by atoms with E-state index in [0.29, 0.717) is 12.2 Å². The van der Waals surface area contributed by atoms with Crippen molar-refractivity contribution in [3.63, 3.8) is 0 Å². The molecule has 0 spiro atoms. The van der Waals surface area contributed by atoms with Crippen LogP contribution < -0.4 is 5.32 Å². The highest BCUT2D eigenvalue weighted by Gasteiger charge is 2.18. The number of tetrazole rings is 1. The number of hydrogen-bond acceptors (Lipinski definition) is 5. The molecule has 1 atom stereocenters. The fourth-order valence-corrected chi connectivity index (χ4v) is 2.53. The Hall–Kier alpha value is -3.35. The van der Waals surface area contributed by atoms with Gasteiger partial charge in [-0.3, -0.25) is 9.59 Å². The van der Waals surface area contributed by atoms with Crippen molar-refractivity contribution >= 4 is 11.7 Å². The molecule has 26 heavy (non-hydrogen) atoms. The van der Waals surface area contributed by atoms with Crippen molar-refractivity contribution in [3.05, 3.63) is 66.2 Å². The van der Waals surface area contributed by atoms with Crippen molar-refractivity contribution in [2.24, 2.45) is 0 Å². The third-order valence-corrected chi connectivity index (χ3v) is 3.88. The maximum atomic E-state index is 12.3. The number of carbonyl (C=O) groups is 2. The number of rotatable bonds is 7. The number of nitrogens with one attached hydrogen (secondary N) is 1. The number of amides is 1. The zero-order valence-corrected chi connectivity index (χ0v) is 14.4. The molecule has 0 saturated heterocycles. The van der Waals surface area contributed by atoms with E-state index in [1.807, 2.05) is 60.7 Å². The van der Waals surface area contributed by atoms with Crippen LogP contribution in [-0.2, 0) is 22.6 Å². The Bertz CT molecular complexity index is 877. The van der Waals surface area contributed by atoms with E-state index in [2.05, 4.69) is 20.7 Å². The molecule has 7 heteroatoms. The van der Waals surface area contributed by atoms with Crippen molar-refractivity contribution < 1.29 is 9.59 Å². The van der Waals surface area contributed by atoms with Crippen molar-refractivity contribution in [2.75, 3.05) is 0 Å². The van der Waals surface area contributed by atoms with Crippen LogP contribution in [-0.4, -0.2) is 37.9 Å². The van der Waals surface area contributed by atoms with Crippen LogP contribution >= 0.6 is 0 Å². The van der Waals surface area contributed by atoms with Gasteiger partial charge in [0.1, 0.15) is 6.54 Å². The highest BCUT2D eigenvalue weighted by atomic mass is 16.2. The minimum absolute atomic E-state index is 0.0984. The average molecular weight is 349 g/mol. The first-order valence-corrected chi connectivity index (χ1v) is 8.29. The molecule has 132 valence electrons. The van der Waals surface area contributed by atoms with E-state index in [1.54, 1.807) is 0 Å². The highest BCUT2D eigenvalue weighted by molar-refractivity contribution is 5.87. The summed E-state index contributed by atoms with van der Waals surface area (Å²) >= 11 is 0. The molecule has 0 aliphatic rings. The lowest BCUT2D eigenvalue weighted by Crippen LogP contribution is -2.43. The number of aromatic nitrogens is 4. The van der Waals surface area contributed by atoms with E-state index >= 15 is 0 Å². The van der Waals surface area contributed by atoms with Gasteiger partial charge in [0.2, 0.25) is 11.7 Å². The summed E-state index contributed by atoms with van der Waals surface area (Å²) in [4.78, 5) is 25.4. The van der Waals surface area contributed by atoms with E-state index in [4.69, 9.17) is 0 Å². The lowest BCUT2D eigenvalue weighted by molar-refractivity contribution is -0.127. The smallest absolute Gasteiger partial charge is 0.244 e. The van der Waals surface area contributed by atoms with Gasteiger partial charge in [-0.1, -0.05) is 60.7 Å². The van der Waals surface area contributed by atoms with Gasteiger partial charge in [-0.2, -0.15) is 4.80 Å². The SMILES string of the molecule is CC(=O)[C@H](Cc1ccccc1)NC(=O)Cn1nnc(-c2ccccc2)n1. The number of hydrogen-bond donors (Lipinski definition) is 1. The minimum Gasteiger partial charge on any atom is -0.344 e. The summed E-state index contributed by atoms with van der Waals surface area (Å²) in [6.07, 6.45) is 0.446. The van der Waals surface area contributed by atoms with Crippen molar-refractivity contribution in [2.45, 2.75) is 25.9 Å². The molecule has 7 nitrogen and oxygen atoms in total. The maximum Gasteiger partial charge on any atom is 0.244 e. The predicted molar refractivity (Wildman–Crippen MR) is 96.0 cm³/mol. The Labute approximate surface area is 151 Å². The molecule has 2 aromatic carbocycles. The summed E-state index contributed by atoms with van der Waals surface area (Å²) in [5.74, 6) is 0.0164. The molecular weight excluding hydrogens is 330 g/mol. The molecular formula is C19H19N5O2. The topological polar surface area (TPSA) is 89.8 Å². The molecule has 0 bridgehead atoms. The number of nitrogens with zero attached hydrogens (tertiary/aromatic N) is 4. The van der Waals surface area contributed by atoms with Crippen LogP contribution in [0.25, 0.3) is 11.4 Å². The third kappa shape index (κ3) is 4.60. The molecule has 0 radical (unpaired) electrons. The second-order valence-corrected chi connectivity index (χ2v) is 5.93. The summed E-state index contributed by atoms with van der Waals surface area (Å²) in [7, 11) is 0. The van der Waals surface area contributed by atoms with Gasteiger partial charge < -0.3 is 5.32 Å². The van der Waals surface area contributed by atoms with Crippen LogP contribution in [0.3, 0.4) is 0 Å². The normalized spacial score (nSPS) is 11.7. The summed E-state index contributed by atoms with van der Waals surface area (Å²) in [6.45, 7) is 1.37. The summed E-state index contributed by atoms with van der Waals surface area (Å²) in [5, 5.41) is 14.8. The zero-order valence-electron chi connectivity index (χ0n) is 14.4. The van der Waals surface area contributed by atoms with Gasteiger partial charge in [-0.05, 0) is 24.1 Å². The number of ketones is 1. The van der Waals surface area contributed by atoms with Gasteiger partial charge in [0.15, 0.2) is 5.78 Å². The van der Waals surface area contributed by atoms with Crippen LogP contribution in [0.2, 0.25) is 0 Å². The van der Waals surface area contributed by atoms with E-state index in [-0.39, 0.29) is 18.2 Å². The van der Waals surface area contributed by atoms with Crippen LogP contribution in [0.5, 0.6) is 0 Å². The van der Waals surface area contributed by atoms with Gasteiger partial charge in [0, 0.05) is 5.56 Å². The van der Waals surface area contributed by atoms with Crippen LogP contribution in [0, 0.1) is 0 Å². The van der Waals surface area contributed by atoms with E-state index in [1.165, 1.54) is 11.7 Å².